The molecule has 0 atom stereocenters. The average molecular weight is 361 g/mol. The number of hydrogen-bond acceptors (Lipinski definition) is 4. The van der Waals surface area contributed by atoms with Gasteiger partial charge in [-0.3, -0.25) is 4.79 Å². The van der Waals surface area contributed by atoms with E-state index in [-0.39, 0.29) is 5.91 Å². The van der Waals surface area contributed by atoms with E-state index < -0.39 is 0 Å². The van der Waals surface area contributed by atoms with Gasteiger partial charge in [0.1, 0.15) is 11.5 Å². The highest BCUT2D eigenvalue weighted by atomic mass is 35.5. The van der Waals surface area contributed by atoms with Crippen molar-refractivity contribution in [1.29, 1.82) is 0 Å². The Kier molecular flexibility index (Phi) is 5.34. The third-order valence-electron chi connectivity index (χ3n) is 4.38. The van der Waals surface area contributed by atoms with Gasteiger partial charge >= 0.3 is 0 Å². The first-order chi connectivity index (χ1) is 12.1. The molecule has 0 bridgehead atoms. The minimum absolute atomic E-state index is 0.0289. The van der Waals surface area contributed by atoms with Crippen molar-refractivity contribution in [2.75, 3.05) is 45.3 Å². The normalized spacial score (nSPS) is 14.4. The van der Waals surface area contributed by atoms with Crippen molar-refractivity contribution in [2.45, 2.75) is 0 Å². The zero-order valence-corrected chi connectivity index (χ0v) is 15.1. The summed E-state index contributed by atoms with van der Waals surface area (Å²) in [6, 6.07) is 13.1. The number of halogens is 1. The van der Waals surface area contributed by atoms with Gasteiger partial charge in [0.05, 0.1) is 19.8 Å². The standard InChI is InChI=1S/C19H21ClN2O3/c1-24-16-5-3-4-15(13-16)21-8-10-22(11-9-21)19(23)17-7-6-14(20)12-18(17)25-2/h3-7,12-13H,8-11H2,1-2H3. The van der Waals surface area contributed by atoms with Crippen LogP contribution >= 0.6 is 11.6 Å². The molecular formula is C19H21ClN2O3. The van der Waals surface area contributed by atoms with Crippen molar-refractivity contribution in [3.63, 3.8) is 0 Å². The highest BCUT2D eigenvalue weighted by molar-refractivity contribution is 6.30. The number of nitrogens with zero attached hydrogens (tertiary/aromatic N) is 2. The molecule has 2 aromatic rings. The van der Waals surface area contributed by atoms with Crippen LogP contribution in [0.1, 0.15) is 10.4 Å². The number of anilines is 1. The second kappa shape index (κ2) is 7.66. The lowest BCUT2D eigenvalue weighted by molar-refractivity contribution is 0.0743. The predicted molar refractivity (Wildman–Crippen MR) is 99.1 cm³/mol. The molecule has 1 saturated heterocycles. The zero-order chi connectivity index (χ0) is 17.8. The van der Waals surface area contributed by atoms with Gasteiger partial charge in [-0.25, -0.2) is 0 Å². The minimum Gasteiger partial charge on any atom is -0.497 e. The van der Waals surface area contributed by atoms with E-state index in [0.29, 0.717) is 29.4 Å². The molecule has 1 aliphatic heterocycles. The fourth-order valence-corrected chi connectivity index (χ4v) is 3.15. The van der Waals surface area contributed by atoms with Crippen LogP contribution in [0, 0.1) is 0 Å². The average Bonchev–Trinajstić information content (AvgIpc) is 2.67. The van der Waals surface area contributed by atoms with Crippen LogP contribution in [-0.2, 0) is 0 Å². The molecule has 1 amide bonds. The van der Waals surface area contributed by atoms with E-state index in [2.05, 4.69) is 11.0 Å². The first-order valence-electron chi connectivity index (χ1n) is 8.14. The van der Waals surface area contributed by atoms with Crippen LogP contribution in [0.3, 0.4) is 0 Å². The third kappa shape index (κ3) is 3.82. The third-order valence-corrected chi connectivity index (χ3v) is 4.61. The SMILES string of the molecule is COc1cccc(N2CCN(C(=O)c3ccc(Cl)cc3OC)CC2)c1. The van der Waals surface area contributed by atoms with E-state index >= 15 is 0 Å². The molecule has 0 unspecified atom stereocenters. The molecule has 1 heterocycles. The molecule has 2 aromatic carbocycles. The molecule has 0 N–H and O–H groups in total. The quantitative estimate of drug-likeness (QED) is 0.838. The number of rotatable bonds is 4. The van der Waals surface area contributed by atoms with E-state index in [9.17, 15) is 4.79 Å². The van der Waals surface area contributed by atoms with Gasteiger partial charge in [0, 0.05) is 43.0 Å². The number of methoxy groups -OCH3 is 2. The number of benzene rings is 2. The summed E-state index contributed by atoms with van der Waals surface area (Å²) in [4.78, 5) is 16.9. The lowest BCUT2D eigenvalue weighted by atomic mass is 10.1. The smallest absolute Gasteiger partial charge is 0.257 e. The van der Waals surface area contributed by atoms with E-state index in [1.54, 1.807) is 32.4 Å². The zero-order valence-electron chi connectivity index (χ0n) is 14.4. The van der Waals surface area contributed by atoms with Gasteiger partial charge in [-0.2, -0.15) is 0 Å². The molecule has 0 spiro atoms. The van der Waals surface area contributed by atoms with Gasteiger partial charge in [-0.05, 0) is 30.3 Å². The summed E-state index contributed by atoms with van der Waals surface area (Å²) >= 11 is 5.98. The minimum atomic E-state index is -0.0289. The number of ether oxygens (including phenoxy) is 2. The lowest BCUT2D eigenvalue weighted by Gasteiger charge is -2.36. The van der Waals surface area contributed by atoms with Crippen molar-refractivity contribution < 1.29 is 14.3 Å². The summed E-state index contributed by atoms with van der Waals surface area (Å²) in [5.41, 5.74) is 1.65. The Bertz CT molecular complexity index is 758. The number of amides is 1. The number of carbonyl (C=O) groups excluding carboxylic acids is 1. The Hall–Kier alpha value is -2.40. The molecular weight excluding hydrogens is 340 g/mol. The number of piperazine rings is 1. The number of carbonyl (C=O) groups is 1. The summed E-state index contributed by atoms with van der Waals surface area (Å²) in [6.07, 6.45) is 0. The maximum absolute atomic E-state index is 12.8. The molecule has 0 saturated carbocycles. The number of hydrogen-bond donors (Lipinski definition) is 0. The Balaban J connectivity index is 1.68. The van der Waals surface area contributed by atoms with Crippen LogP contribution in [-0.4, -0.2) is 51.2 Å². The monoisotopic (exact) mass is 360 g/mol. The maximum Gasteiger partial charge on any atom is 0.257 e. The first kappa shape index (κ1) is 17.4. The molecule has 132 valence electrons. The van der Waals surface area contributed by atoms with Gasteiger partial charge in [0.15, 0.2) is 0 Å². The van der Waals surface area contributed by atoms with E-state index in [0.717, 1.165) is 24.5 Å². The highest BCUT2D eigenvalue weighted by Crippen LogP contribution is 2.26. The molecule has 0 aliphatic carbocycles. The first-order valence-corrected chi connectivity index (χ1v) is 8.52. The fourth-order valence-electron chi connectivity index (χ4n) is 2.99. The van der Waals surface area contributed by atoms with Crippen LogP contribution < -0.4 is 14.4 Å². The van der Waals surface area contributed by atoms with Crippen LogP contribution in [0.15, 0.2) is 42.5 Å². The molecule has 1 aliphatic rings. The fraction of sp³-hybridized carbons (Fsp3) is 0.316. The Morgan fingerprint density at radius 2 is 1.76 bits per heavy atom. The van der Waals surface area contributed by atoms with Gasteiger partial charge in [-0.1, -0.05) is 17.7 Å². The van der Waals surface area contributed by atoms with E-state index in [1.165, 1.54) is 0 Å². The Morgan fingerprint density at radius 1 is 1.00 bits per heavy atom. The highest BCUT2D eigenvalue weighted by Gasteiger charge is 2.24. The van der Waals surface area contributed by atoms with Gasteiger partial charge in [0.25, 0.3) is 5.91 Å². The van der Waals surface area contributed by atoms with Crippen molar-refractivity contribution in [2.24, 2.45) is 0 Å². The molecule has 0 radical (unpaired) electrons. The van der Waals surface area contributed by atoms with Crippen LogP contribution in [0.2, 0.25) is 5.02 Å². The summed E-state index contributed by atoms with van der Waals surface area (Å²) in [5, 5.41) is 0.552. The second-order valence-corrected chi connectivity index (χ2v) is 6.26. The van der Waals surface area contributed by atoms with Crippen molar-refractivity contribution in [3.8, 4) is 11.5 Å². The Labute approximate surface area is 152 Å². The van der Waals surface area contributed by atoms with Crippen LogP contribution in [0.5, 0.6) is 11.5 Å². The molecule has 6 heteroatoms. The summed E-state index contributed by atoms with van der Waals surface area (Å²) in [5.74, 6) is 1.31. The van der Waals surface area contributed by atoms with Crippen molar-refractivity contribution in [1.82, 2.24) is 4.90 Å². The summed E-state index contributed by atoms with van der Waals surface area (Å²) < 4.78 is 10.6. The van der Waals surface area contributed by atoms with Gasteiger partial charge in [0.2, 0.25) is 0 Å². The van der Waals surface area contributed by atoms with Crippen molar-refractivity contribution >= 4 is 23.2 Å². The molecule has 0 aromatic heterocycles. The summed E-state index contributed by atoms with van der Waals surface area (Å²) in [7, 11) is 3.21. The second-order valence-electron chi connectivity index (χ2n) is 5.83. The van der Waals surface area contributed by atoms with E-state index in [1.807, 2.05) is 23.1 Å². The van der Waals surface area contributed by atoms with Crippen LogP contribution in [0.25, 0.3) is 0 Å². The van der Waals surface area contributed by atoms with Crippen molar-refractivity contribution in [3.05, 3.63) is 53.1 Å². The largest absolute Gasteiger partial charge is 0.497 e. The molecule has 25 heavy (non-hydrogen) atoms. The summed E-state index contributed by atoms with van der Waals surface area (Å²) in [6.45, 7) is 2.85. The van der Waals surface area contributed by atoms with Gasteiger partial charge in [-0.15, -0.1) is 0 Å². The molecule has 5 nitrogen and oxygen atoms in total. The lowest BCUT2D eigenvalue weighted by Crippen LogP contribution is -2.48. The van der Waals surface area contributed by atoms with Crippen LogP contribution in [0.4, 0.5) is 5.69 Å². The van der Waals surface area contributed by atoms with E-state index in [4.69, 9.17) is 21.1 Å². The predicted octanol–water partition coefficient (Wildman–Crippen LogP) is 3.32. The Morgan fingerprint density at radius 3 is 2.44 bits per heavy atom. The molecule has 3 rings (SSSR count). The maximum atomic E-state index is 12.8. The molecule has 1 fully saturated rings. The topological polar surface area (TPSA) is 42.0 Å². The van der Waals surface area contributed by atoms with Gasteiger partial charge < -0.3 is 19.3 Å².